The molecule has 0 radical (unpaired) electrons. The van der Waals surface area contributed by atoms with Crippen LogP contribution >= 0.6 is 11.8 Å². The molecule has 2 aromatic rings. The first-order chi connectivity index (χ1) is 11.6. The maximum Gasteiger partial charge on any atom is 0.244 e. The van der Waals surface area contributed by atoms with Gasteiger partial charge in [0.1, 0.15) is 0 Å². The molecule has 2 aromatic carbocycles. The summed E-state index contributed by atoms with van der Waals surface area (Å²) in [5.74, 6) is -0.125. The average molecular weight is 341 g/mol. The molecule has 0 spiro atoms. The molecule has 0 aliphatic rings. The first-order valence-electron chi connectivity index (χ1n) is 7.82. The molecule has 0 aliphatic carbocycles. The van der Waals surface area contributed by atoms with Crippen molar-refractivity contribution in [3.05, 3.63) is 71.3 Å². The molecule has 0 heterocycles. The minimum absolute atomic E-state index is 0.125. The summed E-state index contributed by atoms with van der Waals surface area (Å²) in [6.45, 7) is 2.48. The van der Waals surface area contributed by atoms with Gasteiger partial charge in [0.15, 0.2) is 0 Å². The quantitative estimate of drug-likeness (QED) is 0.605. The van der Waals surface area contributed by atoms with E-state index < -0.39 is 0 Å². The van der Waals surface area contributed by atoms with Crippen molar-refractivity contribution in [1.82, 2.24) is 5.32 Å². The average Bonchev–Trinajstić information content (AvgIpc) is 2.62. The van der Waals surface area contributed by atoms with Gasteiger partial charge in [0, 0.05) is 24.6 Å². The molecule has 0 aliphatic heterocycles. The SMILES string of the molecule is COC(CNC(=O)/C=C/c1ccc(SC)cc1)c1ccccc1C. The van der Waals surface area contributed by atoms with Crippen LogP contribution in [-0.4, -0.2) is 25.8 Å². The van der Waals surface area contributed by atoms with E-state index >= 15 is 0 Å². The van der Waals surface area contributed by atoms with Gasteiger partial charge in [-0.05, 0) is 48.1 Å². The topological polar surface area (TPSA) is 38.3 Å². The molecule has 0 fully saturated rings. The summed E-state index contributed by atoms with van der Waals surface area (Å²) in [7, 11) is 1.66. The lowest BCUT2D eigenvalue weighted by molar-refractivity contribution is -0.117. The fraction of sp³-hybridized carbons (Fsp3) is 0.250. The number of hydrogen-bond acceptors (Lipinski definition) is 3. The predicted molar refractivity (Wildman–Crippen MR) is 101 cm³/mol. The zero-order valence-electron chi connectivity index (χ0n) is 14.3. The van der Waals surface area contributed by atoms with Gasteiger partial charge in [0.2, 0.25) is 5.91 Å². The number of ether oxygens (including phenoxy) is 1. The maximum absolute atomic E-state index is 12.0. The third-order valence-electron chi connectivity index (χ3n) is 3.82. The number of methoxy groups -OCH3 is 1. The molecule has 0 saturated heterocycles. The van der Waals surface area contributed by atoms with Gasteiger partial charge in [-0.15, -0.1) is 11.8 Å². The maximum atomic E-state index is 12.0. The number of hydrogen-bond donors (Lipinski definition) is 1. The van der Waals surface area contributed by atoms with Crippen molar-refractivity contribution in [2.75, 3.05) is 19.9 Å². The van der Waals surface area contributed by atoms with Crippen LogP contribution in [0.2, 0.25) is 0 Å². The van der Waals surface area contributed by atoms with Crippen molar-refractivity contribution < 1.29 is 9.53 Å². The summed E-state index contributed by atoms with van der Waals surface area (Å²) in [5, 5.41) is 2.90. The minimum Gasteiger partial charge on any atom is -0.375 e. The van der Waals surface area contributed by atoms with Crippen LogP contribution in [0.25, 0.3) is 6.08 Å². The van der Waals surface area contributed by atoms with Crippen molar-refractivity contribution in [2.24, 2.45) is 0 Å². The summed E-state index contributed by atoms with van der Waals surface area (Å²) in [6, 6.07) is 16.1. The van der Waals surface area contributed by atoms with Crippen LogP contribution in [0.4, 0.5) is 0 Å². The standard InChI is InChI=1S/C20H23NO2S/c1-15-6-4-5-7-18(15)19(23-2)14-21-20(22)13-10-16-8-11-17(24-3)12-9-16/h4-13,19H,14H2,1-3H3,(H,21,22)/b13-10+. The molecule has 1 atom stereocenters. The number of nitrogens with one attached hydrogen (secondary N) is 1. The van der Waals surface area contributed by atoms with Gasteiger partial charge in [-0.2, -0.15) is 0 Å². The zero-order chi connectivity index (χ0) is 17.4. The number of carbonyl (C=O) groups is 1. The molecule has 1 unspecified atom stereocenters. The molecule has 24 heavy (non-hydrogen) atoms. The second-order valence-corrected chi connectivity index (χ2v) is 6.31. The predicted octanol–water partition coefficient (Wildman–Crippen LogP) is 4.23. The third-order valence-corrected chi connectivity index (χ3v) is 4.57. The largest absolute Gasteiger partial charge is 0.375 e. The lowest BCUT2D eigenvalue weighted by atomic mass is 10.0. The Morgan fingerprint density at radius 1 is 1.21 bits per heavy atom. The Kier molecular flexibility index (Phi) is 7.09. The van der Waals surface area contributed by atoms with Crippen LogP contribution in [-0.2, 0) is 9.53 Å². The molecular weight excluding hydrogens is 318 g/mol. The molecular formula is C20H23NO2S. The Hall–Kier alpha value is -2.04. The second-order valence-electron chi connectivity index (χ2n) is 5.43. The molecule has 3 nitrogen and oxygen atoms in total. The lowest BCUT2D eigenvalue weighted by Gasteiger charge is -2.18. The van der Waals surface area contributed by atoms with Crippen molar-refractivity contribution in [3.8, 4) is 0 Å². The smallest absolute Gasteiger partial charge is 0.244 e. The Balaban J connectivity index is 1.91. The van der Waals surface area contributed by atoms with Crippen LogP contribution in [0.1, 0.15) is 22.8 Å². The van der Waals surface area contributed by atoms with Crippen LogP contribution < -0.4 is 5.32 Å². The molecule has 4 heteroatoms. The van der Waals surface area contributed by atoms with Crippen molar-refractivity contribution >= 4 is 23.7 Å². The highest BCUT2D eigenvalue weighted by Gasteiger charge is 2.13. The monoisotopic (exact) mass is 341 g/mol. The van der Waals surface area contributed by atoms with Gasteiger partial charge in [-0.1, -0.05) is 36.4 Å². The normalized spacial score (nSPS) is 12.3. The van der Waals surface area contributed by atoms with Gasteiger partial charge in [-0.3, -0.25) is 4.79 Å². The molecule has 126 valence electrons. The van der Waals surface area contributed by atoms with E-state index in [9.17, 15) is 4.79 Å². The van der Waals surface area contributed by atoms with Gasteiger partial charge in [0.25, 0.3) is 0 Å². The number of benzene rings is 2. The van der Waals surface area contributed by atoms with Crippen molar-refractivity contribution in [2.45, 2.75) is 17.9 Å². The fourth-order valence-electron chi connectivity index (χ4n) is 2.41. The number of amides is 1. The summed E-state index contributed by atoms with van der Waals surface area (Å²) in [5.41, 5.74) is 3.25. The highest BCUT2D eigenvalue weighted by Crippen LogP contribution is 2.19. The molecule has 1 amide bonds. The van der Waals surface area contributed by atoms with E-state index in [-0.39, 0.29) is 12.0 Å². The number of rotatable bonds is 7. The molecule has 1 N–H and O–H groups in total. The summed E-state index contributed by atoms with van der Waals surface area (Å²) >= 11 is 1.70. The fourth-order valence-corrected chi connectivity index (χ4v) is 2.82. The van der Waals surface area contributed by atoms with E-state index in [2.05, 4.69) is 5.32 Å². The Bertz CT molecular complexity index is 695. The molecule has 2 rings (SSSR count). The third kappa shape index (κ3) is 5.25. The van der Waals surface area contributed by atoms with E-state index in [0.29, 0.717) is 6.54 Å². The highest BCUT2D eigenvalue weighted by molar-refractivity contribution is 7.98. The molecule has 0 saturated carbocycles. The van der Waals surface area contributed by atoms with Gasteiger partial charge < -0.3 is 10.1 Å². The molecule has 0 bridgehead atoms. The van der Waals surface area contributed by atoms with E-state index in [0.717, 1.165) is 16.7 Å². The second kappa shape index (κ2) is 9.30. The van der Waals surface area contributed by atoms with Gasteiger partial charge in [0.05, 0.1) is 6.10 Å². The summed E-state index contributed by atoms with van der Waals surface area (Å²) < 4.78 is 5.51. The van der Waals surface area contributed by atoms with E-state index in [1.165, 1.54) is 4.90 Å². The number of carbonyl (C=O) groups excluding carboxylic acids is 1. The molecule has 0 aromatic heterocycles. The van der Waals surface area contributed by atoms with Crippen molar-refractivity contribution in [1.29, 1.82) is 0 Å². The van der Waals surface area contributed by atoms with Crippen molar-refractivity contribution in [3.63, 3.8) is 0 Å². The number of thioether (sulfide) groups is 1. The Labute approximate surface area is 148 Å². The van der Waals surface area contributed by atoms with E-state index in [1.807, 2.05) is 67.8 Å². The van der Waals surface area contributed by atoms with Gasteiger partial charge in [-0.25, -0.2) is 0 Å². The van der Waals surface area contributed by atoms with Crippen LogP contribution in [0.3, 0.4) is 0 Å². The zero-order valence-corrected chi connectivity index (χ0v) is 15.1. The first-order valence-corrected chi connectivity index (χ1v) is 9.05. The van der Waals surface area contributed by atoms with Crippen LogP contribution in [0.15, 0.2) is 59.5 Å². The van der Waals surface area contributed by atoms with E-state index in [1.54, 1.807) is 24.9 Å². The van der Waals surface area contributed by atoms with E-state index in [4.69, 9.17) is 4.74 Å². The van der Waals surface area contributed by atoms with Crippen LogP contribution in [0, 0.1) is 6.92 Å². The summed E-state index contributed by atoms with van der Waals surface area (Å²) in [6.07, 6.45) is 5.26. The summed E-state index contributed by atoms with van der Waals surface area (Å²) in [4.78, 5) is 13.2. The minimum atomic E-state index is -0.149. The Morgan fingerprint density at radius 2 is 1.92 bits per heavy atom. The van der Waals surface area contributed by atoms with Crippen LogP contribution in [0.5, 0.6) is 0 Å². The first kappa shape index (κ1) is 18.3. The van der Waals surface area contributed by atoms with Gasteiger partial charge >= 0.3 is 0 Å². The number of aryl methyl sites for hydroxylation is 1. The highest BCUT2D eigenvalue weighted by atomic mass is 32.2. The Morgan fingerprint density at radius 3 is 2.54 bits per heavy atom. The lowest BCUT2D eigenvalue weighted by Crippen LogP contribution is -2.27.